The SMILES string of the molecule is CCOC(=O)Nc1ccc2c(c1)NC(=O)CC/C=C\C[C@H](N)c1nc-2c(Cl)[nH]1. The Morgan fingerprint density at radius 1 is 1.43 bits per heavy atom. The quantitative estimate of drug-likeness (QED) is 0.565. The molecule has 0 spiro atoms. The van der Waals surface area contributed by atoms with Crippen LogP contribution in [-0.4, -0.2) is 28.6 Å². The van der Waals surface area contributed by atoms with E-state index in [0.29, 0.717) is 52.9 Å². The maximum atomic E-state index is 12.4. The Hall–Kier alpha value is -2.84. The predicted octanol–water partition coefficient (Wildman–Crippen LogP) is 3.98. The molecule has 28 heavy (non-hydrogen) atoms. The summed E-state index contributed by atoms with van der Waals surface area (Å²) in [7, 11) is 0. The molecule has 1 atom stereocenters. The maximum Gasteiger partial charge on any atom is 0.411 e. The third-order valence-corrected chi connectivity index (χ3v) is 4.47. The molecule has 1 aromatic carbocycles. The highest BCUT2D eigenvalue weighted by Gasteiger charge is 2.19. The Morgan fingerprint density at radius 3 is 3.04 bits per heavy atom. The van der Waals surface area contributed by atoms with Crippen LogP contribution in [0.2, 0.25) is 5.15 Å². The Balaban J connectivity index is 2.02. The number of fused-ring (bicyclic) bond motifs is 4. The summed E-state index contributed by atoms with van der Waals surface area (Å²) >= 11 is 6.35. The van der Waals surface area contributed by atoms with Crippen molar-refractivity contribution in [2.75, 3.05) is 17.2 Å². The first kappa shape index (κ1) is 19.9. The highest BCUT2D eigenvalue weighted by atomic mass is 35.5. The zero-order valence-electron chi connectivity index (χ0n) is 15.4. The second kappa shape index (κ2) is 8.90. The number of amides is 2. The zero-order valence-corrected chi connectivity index (χ0v) is 16.2. The van der Waals surface area contributed by atoms with Gasteiger partial charge >= 0.3 is 6.09 Å². The summed E-state index contributed by atoms with van der Waals surface area (Å²) < 4.78 is 4.89. The number of allylic oxidation sites excluding steroid dienone is 1. The van der Waals surface area contributed by atoms with E-state index in [1.807, 2.05) is 12.2 Å². The number of ether oxygens (including phenoxy) is 1. The molecule has 0 aliphatic carbocycles. The van der Waals surface area contributed by atoms with Crippen LogP contribution >= 0.6 is 11.6 Å². The van der Waals surface area contributed by atoms with Crippen LogP contribution in [0, 0.1) is 0 Å². The van der Waals surface area contributed by atoms with E-state index >= 15 is 0 Å². The number of nitrogens with one attached hydrogen (secondary N) is 3. The molecule has 2 aromatic rings. The molecule has 2 heterocycles. The van der Waals surface area contributed by atoms with Crippen molar-refractivity contribution in [2.24, 2.45) is 5.73 Å². The van der Waals surface area contributed by atoms with Gasteiger partial charge in [-0.3, -0.25) is 10.1 Å². The van der Waals surface area contributed by atoms with Gasteiger partial charge in [-0.05, 0) is 38.0 Å². The van der Waals surface area contributed by atoms with Crippen molar-refractivity contribution in [3.05, 3.63) is 41.3 Å². The average Bonchev–Trinajstić information content (AvgIpc) is 3.03. The molecule has 3 rings (SSSR count). The summed E-state index contributed by atoms with van der Waals surface area (Å²) in [5.41, 5.74) is 8.24. The lowest BCUT2D eigenvalue weighted by molar-refractivity contribution is -0.116. The summed E-state index contributed by atoms with van der Waals surface area (Å²) in [4.78, 5) is 31.6. The Morgan fingerprint density at radius 2 is 2.25 bits per heavy atom. The molecule has 0 saturated heterocycles. The summed E-state index contributed by atoms with van der Waals surface area (Å²) in [5, 5.41) is 5.82. The van der Waals surface area contributed by atoms with E-state index < -0.39 is 6.09 Å². The van der Waals surface area contributed by atoms with Gasteiger partial charge in [-0.2, -0.15) is 0 Å². The number of rotatable bonds is 2. The molecule has 5 N–H and O–H groups in total. The van der Waals surface area contributed by atoms with Crippen molar-refractivity contribution >= 4 is 35.0 Å². The van der Waals surface area contributed by atoms with Crippen LogP contribution in [0.3, 0.4) is 0 Å². The van der Waals surface area contributed by atoms with Gasteiger partial charge in [0, 0.05) is 17.7 Å². The molecule has 0 fully saturated rings. The minimum absolute atomic E-state index is 0.158. The van der Waals surface area contributed by atoms with Gasteiger partial charge in [0.25, 0.3) is 0 Å². The highest BCUT2D eigenvalue weighted by Crippen LogP contribution is 2.35. The van der Waals surface area contributed by atoms with Gasteiger partial charge in [-0.15, -0.1) is 0 Å². The number of nitrogens with two attached hydrogens (primary N) is 1. The lowest BCUT2D eigenvalue weighted by Gasteiger charge is -2.13. The first-order valence-electron chi connectivity index (χ1n) is 9.02. The standard InChI is InChI=1S/C19H22ClN5O3/c1-2-28-19(27)22-11-8-9-12-14(10-11)23-15(26)7-5-3-4-6-13(21)18-24-16(12)17(20)25-18/h3-4,8-10,13H,2,5-7,21H2,1H3,(H,22,27)(H,23,26)(H,24,25)/b4-3-/t13-/m0/s1. The number of H-pyrrole nitrogens is 1. The third kappa shape index (κ3) is 4.71. The first-order valence-corrected chi connectivity index (χ1v) is 9.39. The van der Waals surface area contributed by atoms with Crippen LogP contribution in [0.5, 0.6) is 0 Å². The number of nitrogens with zero attached hydrogens (tertiary/aromatic N) is 1. The van der Waals surface area contributed by atoms with Crippen molar-refractivity contribution in [3.63, 3.8) is 0 Å². The van der Waals surface area contributed by atoms with Crippen LogP contribution < -0.4 is 16.4 Å². The third-order valence-electron chi connectivity index (χ3n) is 4.19. The zero-order chi connectivity index (χ0) is 20.1. The maximum absolute atomic E-state index is 12.4. The number of carbonyl (C=O) groups is 2. The molecule has 0 radical (unpaired) electrons. The summed E-state index contributed by atoms with van der Waals surface area (Å²) in [5.74, 6) is 0.407. The number of anilines is 2. The van der Waals surface area contributed by atoms with Crippen molar-refractivity contribution in [3.8, 4) is 11.3 Å². The summed E-state index contributed by atoms with van der Waals surface area (Å²) in [6.07, 6.45) is 4.77. The van der Waals surface area contributed by atoms with Gasteiger partial charge in [0.15, 0.2) is 0 Å². The second-order valence-electron chi connectivity index (χ2n) is 6.29. The van der Waals surface area contributed by atoms with Gasteiger partial charge in [0.1, 0.15) is 16.7 Å². The van der Waals surface area contributed by atoms with E-state index in [9.17, 15) is 9.59 Å². The molecular weight excluding hydrogens is 382 g/mol. The lowest BCUT2D eigenvalue weighted by Crippen LogP contribution is -2.15. The number of aromatic nitrogens is 2. The number of aromatic amines is 1. The fourth-order valence-electron chi connectivity index (χ4n) is 2.84. The van der Waals surface area contributed by atoms with Crippen molar-refractivity contribution in [1.29, 1.82) is 0 Å². The van der Waals surface area contributed by atoms with Gasteiger partial charge in [0.05, 0.1) is 18.3 Å². The van der Waals surface area contributed by atoms with Crippen LogP contribution in [0.15, 0.2) is 30.4 Å². The molecule has 0 unspecified atom stereocenters. The fraction of sp³-hybridized carbons (Fsp3) is 0.316. The summed E-state index contributed by atoms with van der Waals surface area (Å²) in [6, 6.07) is 4.73. The van der Waals surface area contributed by atoms with Gasteiger partial charge in [0.2, 0.25) is 5.91 Å². The second-order valence-corrected chi connectivity index (χ2v) is 6.67. The van der Waals surface area contributed by atoms with Crippen LogP contribution in [-0.2, 0) is 9.53 Å². The summed E-state index contributed by atoms with van der Waals surface area (Å²) in [6.45, 7) is 1.98. The van der Waals surface area contributed by atoms with E-state index in [-0.39, 0.29) is 18.6 Å². The Kier molecular flexibility index (Phi) is 6.33. The highest BCUT2D eigenvalue weighted by molar-refractivity contribution is 6.32. The molecule has 148 valence electrons. The van der Waals surface area contributed by atoms with Gasteiger partial charge in [-0.1, -0.05) is 23.8 Å². The van der Waals surface area contributed by atoms with E-state index in [1.165, 1.54) is 0 Å². The number of imidazole rings is 1. The monoisotopic (exact) mass is 403 g/mol. The van der Waals surface area contributed by atoms with E-state index in [2.05, 4.69) is 20.6 Å². The van der Waals surface area contributed by atoms with E-state index in [4.69, 9.17) is 22.1 Å². The van der Waals surface area contributed by atoms with Crippen molar-refractivity contribution in [1.82, 2.24) is 9.97 Å². The molecule has 1 aliphatic heterocycles. The number of hydrogen-bond acceptors (Lipinski definition) is 5. The lowest BCUT2D eigenvalue weighted by atomic mass is 10.1. The number of halogens is 1. The predicted molar refractivity (Wildman–Crippen MR) is 108 cm³/mol. The topological polar surface area (TPSA) is 122 Å². The van der Waals surface area contributed by atoms with E-state index in [0.717, 1.165) is 0 Å². The van der Waals surface area contributed by atoms with Crippen molar-refractivity contribution < 1.29 is 14.3 Å². The Bertz CT molecular complexity index is 909. The minimum Gasteiger partial charge on any atom is -0.450 e. The molecule has 9 heteroatoms. The molecule has 2 bridgehead atoms. The minimum atomic E-state index is -0.574. The molecule has 1 aromatic heterocycles. The van der Waals surface area contributed by atoms with Gasteiger partial charge in [-0.25, -0.2) is 9.78 Å². The van der Waals surface area contributed by atoms with Crippen molar-refractivity contribution in [2.45, 2.75) is 32.2 Å². The number of carbonyl (C=O) groups excluding carboxylic acids is 2. The number of hydrogen-bond donors (Lipinski definition) is 4. The van der Waals surface area contributed by atoms with E-state index in [1.54, 1.807) is 25.1 Å². The fourth-order valence-corrected chi connectivity index (χ4v) is 3.08. The molecule has 8 nitrogen and oxygen atoms in total. The van der Waals surface area contributed by atoms with Crippen LogP contribution in [0.1, 0.15) is 38.1 Å². The van der Waals surface area contributed by atoms with Crippen LogP contribution in [0.25, 0.3) is 11.3 Å². The molecule has 0 saturated carbocycles. The molecule has 2 amide bonds. The first-order chi connectivity index (χ1) is 13.5. The molecule has 1 aliphatic rings. The largest absolute Gasteiger partial charge is 0.450 e. The average molecular weight is 404 g/mol. The Labute approximate surface area is 167 Å². The molecular formula is C19H22ClN5O3. The number of benzene rings is 1. The normalized spacial score (nSPS) is 18.0. The van der Waals surface area contributed by atoms with Gasteiger partial charge < -0.3 is 20.8 Å². The smallest absolute Gasteiger partial charge is 0.411 e. The van der Waals surface area contributed by atoms with Crippen LogP contribution in [0.4, 0.5) is 16.2 Å².